The smallest absolute Gasteiger partial charge is 0.234 e. The molecule has 1 heterocycles. The molecule has 1 amide bonds. The summed E-state index contributed by atoms with van der Waals surface area (Å²) >= 11 is 1.08. The van der Waals surface area contributed by atoms with Crippen LogP contribution in [0.4, 0.5) is 18.9 Å². The topological polar surface area (TPSA) is 59.8 Å². The van der Waals surface area contributed by atoms with E-state index in [1.807, 2.05) is 0 Å². The molecule has 0 unspecified atom stereocenters. The van der Waals surface area contributed by atoms with Gasteiger partial charge in [0.1, 0.15) is 17.5 Å². The molecular formula is C22H15F3N4OS. The number of aromatic nitrogens is 3. The first kappa shape index (κ1) is 20.7. The third kappa shape index (κ3) is 4.77. The van der Waals surface area contributed by atoms with E-state index in [1.165, 1.54) is 42.5 Å². The van der Waals surface area contributed by atoms with Gasteiger partial charge in [0.2, 0.25) is 5.91 Å². The van der Waals surface area contributed by atoms with Gasteiger partial charge in [0, 0.05) is 11.3 Å². The van der Waals surface area contributed by atoms with E-state index in [2.05, 4.69) is 15.5 Å². The number of carbonyl (C=O) groups excluding carboxylic acids is 1. The van der Waals surface area contributed by atoms with Gasteiger partial charge in [-0.15, -0.1) is 10.2 Å². The number of anilines is 1. The Kier molecular flexibility index (Phi) is 6.03. The second-order valence-corrected chi connectivity index (χ2v) is 7.38. The molecular weight excluding hydrogens is 425 g/mol. The van der Waals surface area contributed by atoms with E-state index in [-0.39, 0.29) is 11.4 Å². The molecule has 0 bridgehead atoms. The van der Waals surface area contributed by atoms with Gasteiger partial charge in [-0.3, -0.25) is 9.36 Å². The van der Waals surface area contributed by atoms with Crippen molar-refractivity contribution < 1.29 is 18.0 Å². The van der Waals surface area contributed by atoms with Gasteiger partial charge in [-0.1, -0.05) is 23.9 Å². The van der Waals surface area contributed by atoms with Crippen LogP contribution in [0.5, 0.6) is 0 Å². The molecule has 0 aliphatic rings. The van der Waals surface area contributed by atoms with E-state index in [0.29, 0.717) is 22.2 Å². The molecule has 4 aromatic rings. The minimum absolute atomic E-state index is 0.0585. The van der Waals surface area contributed by atoms with E-state index in [0.717, 1.165) is 11.8 Å². The lowest BCUT2D eigenvalue weighted by Crippen LogP contribution is -2.15. The molecule has 0 saturated carbocycles. The zero-order valence-electron chi connectivity index (χ0n) is 15.9. The average molecular weight is 440 g/mol. The summed E-state index contributed by atoms with van der Waals surface area (Å²) < 4.78 is 42.1. The largest absolute Gasteiger partial charge is 0.323 e. The standard InChI is InChI=1S/C22H15F3N4OS/c23-15-7-5-14(6-8-15)21-27-28-22(29(21)17-11-9-16(24)10-12-17)31-13-20(30)26-19-4-2-1-3-18(19)25/h1-12H,13H2,(H,26,30). The summed E-state index contributed by atoms with van der Waals surface area (Å²) in [5, 5.41) is 11.2. The highest BCUT2D eigenvalue weighted by atomic mass is 32.2. The summed E-state index contributed by atoms with van der Waals surface area (Å²) in [5.74, 6) is -1.41. The number of halogens is 3. The average Bonchev–Trinajstić information content (AvgIpc) is 3.19. The highest BCUT2D eigenvalue weighted by Crippen LogP contribution is 2.28. The van der Waals surface area contributed by atoms with Crippen LogP contribution in [0, 0.1) is 17.5 Å². The number of amides is 1. The van der Waals surface area contributed by atoms with Crippen molar-refractivity contribution in [2.75, 3.05) is 11.1 Å². The Balaban J connectivity index is 1.61. The Bertz CT molecular complexity index is 1210. The second-order valence-electron chi connectivity index (χ2n) is 6.44. The van der Waals surface area contributed by atoms with Crippen LogP contribution < -0.4 is 5.32 Å². The quantitative estimate of drug-likeness (QED) is 0.425. The zero-order chi connectivity index (χ0) is 21.8. The number of rotatable bonds is 6. The van der Waals surface area contributed by atoms with Crippen molar-refractivity contribution in [2.45, 2.75) is 5.16 Å². The van der Waals surface area contributed by atoms with E-state index in [9.17, 15) is 18.0 Å². The van der Waals surface area contributed by atoms with Crippen LogP contribution in [0.25, 0.3) is 17.1 Å². The van der Waals surface area contributed by atoms with E-state index in [1.54, 1.807) is 34.9 Å². The molecule has 0 saturated heterocycles. The van der Waals surface area contributed by atoms with Crippen molar-refractivity contribution in [3.63, 3.8) is 0 Å². The zero-order valence-corrected chi connectivity index (χ0v) is 16.7. The lowest BCUT2D eigenvalue weighted by molar-refractivity contribution is -0.113. The third-order valence-electron chi connectivity index (χ3n) is 4.30. The molecule has 0 aliphatic heterocycles. The second kappa shape index (κ2) is 9.05. The van der Waals surface area contributed by atoms with Gasteiger partial charge in [0.25, 0.3) is 0 Å². The summed E-state index contributed by atoms with van der Waals surface area (Å²) in [7, 11) is 0. The molecule has 0 spiro atoms. The fourth-order valence-electron chi connectivity index (χ4n) is 2.85. The van der Waals surface area contributed by atoms with Crippen molar-refractivity contribution in [2.24, 2.45) is 0 Å². The van der Waals surface area contributed by atoms with Gasteiger partial charge in [0.05, 0.1) is 11.4 Å². The monoisotopic (exact) mass is 440 g/mol. The summed E-state index contributed by atoms with van der Waals surface area (Å²) in [6, 6.07) is 17.3. The molecule has 3 aromatic carbocycles. The highest BCUT2D eigenvalue weighted by Gasteiger charge is 2.18. The van der Waals surface area contributed by atoms with Crippen LogP contribution in [0.15, 0.2) is 78.0 Å². The minimum atomic E-state index is -0.533. The minimum Gasteiger partial charge on any atom is -0.323 e. The predicted octanol–water partition coefficient (Wildman–Crippen LogP) is 5.08. The predicted molar refractivity (Wildman–Crippen MR) is 112 cm³/mol. The maximum absolute atomic E-state index is 13.7. The molecule has 4 rings (SSSR count). The number of hydrogen-bond acceptors (Lipinski definition) is 4. The highest BCUT2D eigenvalue weighted by molar-refractivity contribution is 7.99. The number of benzene rings is 3. The van der Waals surface area contributed by atoms with Crippen LogP contribution in [-0.2, 0) is 4.79 Å². The molecule has 0 aliphatic carbocycles. The van der Waals surface area contributed by atoms with Gasteiger partial charge in [-0.2, -0.15) is 0 Å². The number of hydrogen-bond donors (Lipinski definition) is 1. The van der Waals surface area contributed by atoms with Crippen molar-refractivity contribution in [1.82, 2.24) is 14.8 Å². The molecule has 0 atom stereocenters. The van der Waals surface area contributed by atoms with Gasteiger partial charge in [-0.05, 0) is 60.7 Å². The van der Waals surface area contributed by atoms with Crippen molar-refractivity contribution >= 4 is 23.4 Å². The van der Waals surface area contributed by atoms with Crippen LogP contribution >= 0.6 is 11.8 Å². The fourth-order valence-corrected chi connectivity index (χ4v) is 3.60. The SMILES string of the molecule is O=C(CSc1nnc(-c2ccc(F)cc2)n1-c1ccc(F)cc1)Nc1ccccc1F. The van der Waals surface area contributed by atoms with Gasteiger partial charge >= 0.3 is 0 Å². The molecule has 9 heteroatoms. The number of para-hydroxylation sites is 1. The van der Waals surface area contributed by atoms with Crippen molar-refractivity contribution in [3.8, 4) is 17.1 Å². The molecule has 31 heavy (non-hydrogen) atoms. The first-order valence-electron chi connectivity index (χ1n) is 9.16. The lowest BCUT2D eigenvalue weighted by Gasteiger charge is -2.11. The van der Waals surface area contributed by atoms with E-state index in [4.69, 9.17) is 0 Å². The third-order valence-corrected chi connectivity index (χ3v) is 5.23. The first-order chi connectivity index (χ1) is 15.0. The first-order valence-corrected chi connectivity index (χ1v) is 10.1. The van der Waals surface area contributed by atoms with E-state index < -0.39 is 23.4 Å². The summed E-state index contributed by atoms with van der Waals surface area (Å²) in [5.41, 5.74) is 1.25. The molecule has 1 N–H and O–H groups in total. The Morgan fingerprint density at radius 1 is 0.871 bits per heavy atom. The summed E-state index contributed by atoms with van der Waals surface area (Å²) in [4.78, 5) is 12.3. The lowest BCUT2D eigenvalue weighted by atomic mass is 10.2. The van der Waals surface area contributed by atoms with Crippen LogP contribution in [0.3, 0.4) is 0 Å². The van der Waals surface area contributed by atoms with Gasteiger partial charge < -0.3 is 5.32 Å². The Morgan fingerprint density at radius 3 is 2.19 bits per heavy atom. The Labute approximate surface area is 179 Å². The summed E-state index contributed by atoms with van der Waals surface area (Å²) in [6.45, 7) is 0. The van der Waals surface area contributed by atoms with Crippen LogP contribution in [0.2, 0.25) is 0 Å². The van der Waals surface area contributed by atoms with Crippen LogP contribution in [0.1, 0.15) is 0 Å². The van der Waals surface area contributed by atoms with E-state index >= 15 is 0 Å². The molecule has 5 nitrogen and oxygen atoms in total. The maximum Gasteiger partial charge on any atom is 0.234 e. The number of nitrogens with one attached hydrogen (secondary N) is 1. The summed E-state index contributed by atoms with van der Waals surface area (Å²) in [6.07, 6.45) is 0. The Morgan fingerprint density at radius 2 is 1.52 bits per heavy atom. The normalized spacial score (nSPS) is 10.8. The number of carbonyl (C=O) groups is 1. The molecule has 0 radical (unpaired) electrons. The molecule has 156 valence electrons. The number of nitrogens with zero attached hydrogens (tertiary/aromatic N) is 3. The van der Waals surface area contributed by atoms with Crippen molar-refractivity contribution in [1.29, 1.82) is 0 Å². The maximum atomic E-state index is 13.7. The molecule has 0 fully saturated rings. The Hall–Kier alpha value is -3.59. The van der Waals surface area contributed by atoms with Gasteiger partial charge in [-0.25, -0.2) is 13.2 Å². The van der Waals surface area contributed by atoms with Gasteiger partial charge in [0.15, 0.2) is 11.0 Å². The molecule has 1 aromatic heterocycles. The van der Waals surface area contributed by atoms with Crippen LogP contribution in [-0.4, -0.2) is 26.4 Å². The number of thioether (sulfide) groups is 1. The van der Waals surface area contributed by atoms with Crippen molar-refractivity contribution in [3.05, 3.63) is 90.2 Å². The fraction of sp³-hybridized carbons (Fsp3) is 0.0455.